The summed E-state index contributed by atoms with van der Waals surface area (Å²) >= 11 is 0. The summed E-state index contributed by atoms with van der Waals surface area (Å²) in [6.07, 6.45) is 4.21. The summed E-state index contributed by atoms with van der Waals surface area (Å²) in [7, 11) is 0. The zero-order chi connectivity index (χ0) is 19.2. The summed E-state index contributed by atoms with van der Waals surface area (Å²) in [5.41, 5.74) is 1.14. The molecule has 0 bridgehead atoms. The largest absolute Gasteiger partial charge is 0.366 e. The molecule has 5 nitrogen and oxygen atoms in total. The predicted molar refractivity (Wildman–Crippen MR) is 98.2 cm³/mol. The number of imide groups is 1. The zero-order valence-electron chi connectivity index (χ0n) is 16.0. The number of fused-ring (bicyclic) bond motifs is 1. The number of benzene rings is 1. The molecule has 0 saturated heterocycles. The van der Waals surface area contributed by atoms with Gasteiger partial charge in [-0.25, -0.2) is 0 Å². The summed E-state index contributed by atoms with van der Waals surface area (Å²) in [6.45, 7) is 8.77. The lowest BCUT2D eigenvalue weighted by Crippen LogP contribution is -2.38. The van der Waals surface area contributed by atoms with Crippen LogP contribution in [0.25, 0.3) is 0 Å². The summed E-state index contributed by atoms with van der Waals surface area (Å²) in [6, 6.07) is 7.25. The van der Waals surface area contributed by atoms with Crippen LogP contribution >= 0.6 is 0 Å². The van der Waals surface area contributed by atoms with Crippen LogP contribution in [0.2, 0.25) is 0 Å². The average Bonchev–Trinajstić information content (AvgIpc) is 3.12. The Kier molecular flexibility index (Phi) is 7.77. The minimum absolute atomic E-state index is 0.0997. The third-order valence-corrected chi connectivity index (χ3v) is 4.28. The second kappa shape index (κ2) is 9.11. The number of amides is 2. The van der Waals surface area contributed by atoms with Crippen molar-refractivity contribution in [3.05, 3.63) is 35.4 Å². The Balaban J connectivity index is 0.000000388. The lowest BCUT2D eigenvalue weighted by atomic mass is 10.1. The van der Waals surface area contributed by atoms with E-state index in [0.29, 0.717) is 17.0 Å². The first kappa shape index (κ1) is 21.3. The molecule has 1 fully saturated rings. The summed E-state index contributed by atoms with van der Waals surface area (Å²) in [5, 5.41) is 16.2. The minimum Gasteiger partial charge on any atom is -0.366 e. The van der Waals surface area contributed by atoms with Crippen LogP contribution < -0.4 is 0 Å². The van der Waals surface area contributed by atoms with Crippen molar-refractivity contribution in [2.24, 2.45) is 5.92 Å². The van der Waals surface area contributed by atoms with Crippen LogP contribution in [0.1, 0.15) is 81.0 Å². The van der Waals surface area contributed by atoms with Crippen molar-refractivity contribution in [1.82, 2.24) is 4.90 Å². The SMILES string of the molecule is CC.CC(C)(O)O.CCC1CCC(N2C(=O)c3ccccc3C2=O)C1. The van der Waals surface area contributed by atoms with E-state index in [4.69, 9.17) is 10.2 Å². The number of carbonyl (C=O) groups is 2. The van der Waals surface area contributed by atoms with Crippen molar-refractivity contribution in [2.45, 2.75) is 72.1 Å². The Hall–Kier alpha value is -1.72. The van der Waals surface area contributed by atoms with Crippen LogP contribution in [0.15, 0.2) is 24.3 Å². The number of carbonyl (C=O) groups excluding carboxylic acids is 2. The van der Waals surface area contributed by atoms with Crippen molar-refractivity contribution in [2.75, 3.05) is 0 Å². The van der Waals surface area contributed by atoms with Gasteiger partial charge in [0.15, 0.2) is 5.79 Å². The normalized spacial score (nSPS) is 22.0. The van der Waals surface area contributed by atoms with Crippen LogP contribution in [0.5, 0.6) is 0 Å². The Morgan fingerprint density at radius 2 is 1.48 bits per heavy atom. The summed E-state index contributed by atoms with van der Waals surface area (Å²) < 4.78 is 0. The minimum atomic E-state index is -1.50. The van der Waals surface area contributed by atoms with Crippen molar-refractivity contribution >= 4 is 11.8 Å². The Labute approximate surface area is 150 Å². The number of nitrogens with zero attached hydrogens (tertiary/aromatic N) is 1. The molecule has 2 atom stereocenters. The van der Waals surface area contributed by atoms with Gasteiger partial charge < -0.3 is 10.2 Å². The maximum absolute atomic E-state index is 12.3. The fourth-order valence-electron chi connectivity index (χ4n) is 3.19. The molecule has 3 rings (SSSR count). The monoisotopic (exact) mass is 349 g/mol. The van der Waals surface area contributed by atoms with Crippen molar-refractivity contribution < 1.29 is 19.8 Å². The fraction of sp³-hybridized carbons (Fsp3) is 0.600. The highest BCUT2D eigenvalue weighted by atomic mass is 16.5. The van der Waals surface area contributed by atoms with Crippen molar-refractivity contribution in [3.63, 3.8) is 0 Å². The van der Waals surface area contributed by atoms with Gasteiger partial charge in [-0.1, -0.05) is 39.3 Å². The highest BCUT2D eigenvalue weighted by molar-refractivity contribution is 6.21. The molecule has 1 aliphatic heterocycles. The fourth-order valence-corrected chi connectivity index (χ4v) is 3.19. The van der Waals surface area contributed by atoms with Gasteiger partial charge in [-0.15, -0.1) is 0 Å². The van der Waals surface area contributed by atoms with Crippen LogP contribution in [0, 0.1) is 5.92 Å². The standard InChI is InChI=1S/C15H17NO2.C3H8O2.C2H6/c1-2-10-7-8-11(9-10)16-14(17)12-5-3-4-6-13(12)15(16)18;1-3(2,4)5;1-2/h3-6,10-11H,2,7-9H2,1H3;4-5H,1-2H3;1-2H3. The van der Waals surface area contributed by atoms with Gasteiger partial charge >= 0.3 is 0 Å². The van der Waals surface area contributed by atoms with Gasteiger partial charge in [-0.3, -0.25) is 14.5 Å². The van der Waals surface area contributed by atoms with Crippen LogP contribution in [-0.4, -0.2) is 38.8 Å². The van der Waals surface area contributed by atoms with Gasteiger partial charge in [0.1, 0.15) is 0 Å². The van der Waals surface area contributed by atoms with E-state index in [1.54, 1.807) is 12.1 Å². The lowest BCUT2D eigenvalue weighted by Gasteiger charge is -2.21. The molecule has 1 heterocycles. The molecular weight excluding hydrogens is 318 g/mol. The van der Waals surface area contributed by atoms with E-state index < -0.39 is 5.79 Å². The first-order valence-corrected chi connectivity index (χ1v) is 9.14. The van der Waals surface area contributed by atoms with Gasteiger partial charge in [-0.05, 0) is 51.2 Å². The van der Waals surface area contributed by atoms with E-state index in [1.165, 1.54) is 18.7 Å². The third kappa shape index (κ3) is 5.65. The highest BCUT2D eigenvalue weighted by Crippen LogP contribution is 2.35. The maximum atomic E-state index is 12.3. The second-order valence-electron chi connectivity index (χ2n) is 6.76. The van der Waals surface area contributed by atoms with E-state index in [0.717, 1.165) is 25.7 Å². The molecule has 2 amide bonds. The smallest absolute Gasteiger partial charge is 0.261 e. The summed E-state index contributed by atoms with van der Waals surface area (Å²) in [5.74, 6) is -1.03. The molecule has 2 aliphatic rings. The van der Waals surface area contributed by atoms with Crippen molar-refractivity contribution in [3.8, 4) is 0 Å². The topological polar surface area (TPSA) is 77.8 Å². The first-order valence-electron chi connectivity index (χ1n) is 9.14. The Morgan fingerprint density at radius 3 is 1.84 bits per heavy atom. The quantitative estimate of drug-likeness (QED) is 0.632. The number of rotatable bonds is 2. The first-order chi connectivity index (χ1) is 11.7. The van der Waals surface area contributed by atoms with Gasteiger partial charge in [0.05, 0.1) is 11.1 Å². The van der Waals surface area contributed by atoms with Gasteiger partial charge in [0.25, 0.3) is 11.8 Å². The third-order valence-electron chi connectivity index (χ3n) is 4.28. The molecule has 0 aromatic heterocycles. The van der Waals surface area contributed by atoms with Gasteiger partial charge in [0.2, 0.25) is 0 Å². The van der Waals surface area contributed by atoms with Gasteiger partial charge in [-0.2, -0.15) is 0 Å². The molecule has 140 valence electrons. The van der Waals surface area contributed by atoms with Crippen LogP contribution in [0.3, 0.4) is 0 Å². The molecule has 1 aromatic rings. The second-order valence-corrected chi connectivity index (χ2v) is 6.76. The maximum Gasteiger partial charge on any atom is 0.261 e. The van der Waals surface area contributed by atoms with E-state index in [-0.39, 0.29) is 17.9 Å². The van der Waals surface area contributed by atoms with E-state index in [9.17, 15) is 9.59 Å². The molecule has 1 aliphatic carbocycles. The number of hydrogen-bond acceptors (Lipinski definition) is 4. The van der Waals surface area contributed by atoms with Crippen LogP contribution in [-0.2, 0) is 0 Å². The zero-order valence-corrected chi connectivity index (χ0v) is 16.0. The highest BCUT2D eigenvalue weighted by Gasteiger charge is 2.41. The average molecular weight is 349 g/mol. The Morgan fingerprint density at radius 1 is 1.04 bits per heavy atom. The van der Waals surface area contributed by atoms with E-state index in [1.807, 2.05) is 26.0 Å². The number of aliphatic hydroxyl groups is 2. The van der Waals surface area contributed by atoms with E-state index in [2.05, 4.69) is 6.92 Å². The van der Waals surface area contributed by atoms with Crippen molar-refractivity contribution in [1.29, 1.82) is 0 Å². The number of hydrogen-bond donors (Lipinski definition) is 2. The molecule has 5 heteroatoms. The van der Waals surface area contributed by atoms with Crippen LogP contribution in [0.4, 0.5) is 0 Å². The molecule has 0 radical (unpaired) electrons. The molecule has 1 aromatic carbocycles. The summed E-state index contributed by atoms with van der Waals surface area (Å²) in [4.78, 5) is 26.1. The molecule has 0 spiro atoms. The molecular formula is C20H31NO4. The lowest BCUT2D eigenvalue weighted by molar-refractivity contribution is -0.127. The Bertz CT molecular complexity index is 551. The molecule has 2 N–H and O–H groups in total. The van der Waals surface area contributed by atoms with Gasteiger partial charge in [0, 0.05) is 6.04 Å². The molecule has 1 saturated carbocycles. The molecule has 2 unspecified atom stereocenters. The predicted octanol–water partition coefficient (Wildman–Crippen LogP) is 3.59. The van der Waals surface area contributed by atoms with E-state index >= 15 is 0 Å². The molecule has 25 heavy (non-hydrogen) atoms.